The Morgan fingerprint density at radius 3 is 2.77 bits per heavy atom. The number of amides is 2. The molecule has 0 saturated carbocycles. The maximum Gasteiger partial charge on any atom is 0.276 e. The van der Waals surface area contributed by atoms with Crippen molar-refractivity contribution in [2.75, 3.05) is 34.0 Å². The molecule has 1 aliphatic rings. The molecule has 8 nitrogen and oxygen atoms in total. The summed E-state index contributed by atoms with van der Waals surface area (Å²) in [7, 11) is 3.09. The van der Waals surface area contributed by atoms with Crippen molar-refractivity contribution < 1.29 is 23.8 Å². The number of nitrogens with two attached hydrogens (primary N) is 1. The molecular formula is C17H21N3O5S. The van der Waals surface area contributed by atoms with Crippen LogP contribution in [0.25, 0.3) is 6.08 Å². The van der Waals surface area contributed by atoms with Crippen LogP contribution in [0, 0.1) is 0 Å². The number of thiocarbonyl (C=S) groups is 1. The number of rotatable bonds is 9. The van der Waals surface area contributed by atoms with E-state index in [1.165, 1.54) is 12.0 Å². The van der Waals surface area contributed by atoms with Crippen LogP contribution in [0.2, 0.25) is 0 Å². The number of carbonyl (C=O) groups is 2. The van der Waals surface area contributed by atoms with E-state index in [9.17, 15) is 9.59 Å². The Balaban J connectivity index is 2.14. The lowest BCUT2D eigenvalue weighted by atomic mass is 10.1. The summed E-state index contributed by atoms with van der Waals surface area (Å²) in [6, 6.07) is 5.06. The molecule has 0 radical (unpaired) electrons. The molecule has 1 aromatic carbocycles. The van der Waals surface area contributed by atoms with Gasteiger partial charge in [-0.2, -0.15) is 0 Å². The van der Waals surface area contributed by atoms with Crippen molar-refractivity contribution in [1.29, 1.82) is 0 Å². The molecule has 2 amide bonds. The SMILES string of the molecule is COCCCN1C(=O)/C(=C\c2ccc(OCC(N)=O)c(OC)c2)NC1=S. The molecule has 1 aromatic rings. The van der Waals surface area contributed by atoms with Gasteiger partial charge in [0.05, 0.1) is 7.11 Å². The number of hydrogen-bond donors (Lipinski definition) is 2. The Labute approximate surface area is 156 Å². The molecule has 140 valence electrons. The van der Waals surface area contributed by atoms with Crippen LogP contribution in [-0.4, -0.2) is 55.8 Å². The van der Waals surface area contributed by atoms with E-state index in [2.05, 4.69) is 5.32 Å². The second kappa shape index (κ2) is 9.16. The monoisotopic (exact) mass is 379 g/mol. The van der Waals surface area contributed by atoms with E-state index in [4.69, 9.17) is 32.2 Å². The summed E-state index contributed by atoms with van der Waals surface area (Å²) in [5, 5.41) is 3.28. The molecule has 0 spiro atoms. The number of benzene rings is 1. The van der Waals surface area contributed by atoms with Crippen LogP contribution in [-0.2, 0) is 14.3 Å². The van der Waals surface area contributed by atoms with E-state index in [0.29, 0.717) is 47.4 Å². The standard InChI is InChI=1S/C17H21N3O5S/c1-23-7-3-6-20-16(22)12(19-17(20)26)8-11-4-5-13(14(9-11)24-2)25-10-15(18)21/h4-5,8-9H,3,6-7,10H2,1-2H3,(H2,18,21)(H,19,26)/b12-8+. The first-order valence-electron chi connectivity index (χ1n) is 7.89. The summed E-state index contributed by atoms with van der Waals surface area (Å²) >= 11 is 5.21. The molecule has 3 N–H and O–H groups in total. The highest BCUT2D eigenvalue weighted by atomic mass is 32.1. The highest BCUT2D eigenvalue weighted by Crippen LogP contribution is 2.29. The van der Waals surface area contributed by atoms with Crippen molar-refractivity contribution in [3.05, 3.63) is 29.5 Å². The minimum absolute atomic E-state index is 0.195. The average Bonchev–Trinajstić information content (AvgIpc) is 2.87. The van der Waals surface area contributed by atoms with E-state index in [0.717, 1.165) is 0 Å². The van der Waals surface area contributed by atoms with Crippen LogP contribution in [0.3, 0.4) is 0 Å². The fraction of sp³-hybridized carbons (Fsp3) is 0.353. The first-order chi connectivity index (χ1) is 12.5. The number of hydrogen-bond acceptors (Lipinski definition) is 6. The van der Waals surface area contributed by atoms with Crippen LogP contribution in [0.5, 0.6) is 11.5 Å². The highest BCUT2D eigenvalue weighted by Gasteiger charge is 2.30. The predicted molar refractivity (Wildman–Crippen MR) is 99.6 cm³/mol. The van der Waals surface area contributed by atoms with Gasteiger partial charge in [-0.3, -0.25) is 14.5 Å². The fourth-order valence-electron chi connectivity index (χ4n) is 2.35. The number of carbonyl (C=O) groups excluding carboxylic acids is 2. The number of methoxy groups -OCH3 is 2. The van der Waals surface area contributed by atoms with Crippen LogP contribution >= 0.6 is 12.2 Å². The third-order valence-electron chi connectivity index (χ3n) is 3.56. The van der Waals surface area contributed by atoms with Crippen molar-refractivity contribution in [2.45, 2.75) is 6.42 Å². The van der Waals surface area contributed by atoms with Crippen molar-refractivity contribution in [3.8, 4) is 11.5 Å². The molecule has 1 saturated heterocycles. The van der Waals surface area contributed by atoms with Gasteiger partial charge in [0.2, 0.25) is 0 Å². The minimum atomic E-state index is -0.582. The van der Waals surface area contributed by atoms with Gasteiger partial charge in [0.1, 0.15) is 5.70 Å². The third kappa shape index (κ3) is 4.93. The van der Waals surface area contributed by atoms with Crippen LogP contribution in [0.1, 0.15) is 12.0 Å². The number of primary amides is 1. The minimum Gasteiger partial charge on any atom is -0.493 e. The molecule has 0 unspecified atom stereocenters. The zero-order valence-electron chi connectivity index (χ0n) is 14.6. The molecule has 1 fully saturated rings. The second-order valence-electron chi connectivity index (χ2n) is 5.46. The molecule has 9 heteroatoms. The van der Waals surface area contributed by atoms with Gasteiger partial charge in [0.25, 0.3) is 11.8 Å². The Hall–Kier alpha value is -2.65. The molecule has 0 aliphatic carbocycles. The fourth-order valence-corrected chi connectivity index (χ4v) is 2.63. The molecular weight excluding hydrogens is 358 g/mol. The van der Waals surface area contributed by atoms with Crippen LogP contribution in [0.4, 0.5) is 0 Å². The van der Waals surface area contributed by atoms with Gasteiger partial charge >= 0.3 is 0 Å². The van der Waals surface area contributed by atoms with E-state index in [-0.39, 0.29) is 12.5 Å². The Morgan fingerprint density at radius 1 is 1.35 bits per heavy atom. The van der Waals surface area contributed by atoms with Gasteiger partial charge in [-0.05, 0) is 42.4 Å². The number of ether oxygens (including phenoxy) is 3. The van der Waals surface area contributed by atoms with Crippen molar-refractivity contribution >= 4 is 35.2 Å². The van der Waals surface area contributed by atoms with E-state index in [1.54, 1.807) is 31.4 Å². The molecule has 0 atom stereocenters. The van der Waals surface area contributed by atoms with Gasteiger partial charge in [-0.15, -0.1) is 0 Å². The zero-order valence-corrected chi connectivity index (χ0v) is 15.4. The third-order valence-corrected chi connectivity index (χ3v) is 3.88. The summed E-state index contributed by atoms with van der Waals surface area (Å²) in [6.45, 7) is 0.788. The van der Waals surface area contributed by atoms with Crippen molar-refractivity contribution in [1.82, 2.24) is 10.2 Å². The first kappa shape index (κ1) is 19.7. The van der Waals surface area contributed by atoms with Crippen LogP contribution in [0.15, 0.2) is 23.9 Å². The molecule has 1 heterocycles. The van der Waals surface area contributed by atoms with Crippen LogP contribution < -0.4 is 20.5 Å². The Bertz CT molecular complexity index is 735. The van der Waals surface area contributed by atoms with E-state index < -0.39 is 5.91 Å². The van der Waals surface area contributed by atoms with Crippen molar-refractivity contribution in [2.24, 2.45) is 5.73 Å². The lowest BCUT2D eigenvalue weighted by Gasteiger charge is -2.13. The molecule has 0 bridgehead atoms. The topological polar surface area (TPSA) is 103 Å². The summed E-state index contributed by atoms with van der Waals surface area (Å²) in [6.07, 6.45) is 2.36. The normalized spacial score (nSPS) is 15.3. The largest absolute Gasteiger partial charge is 0.493 e. The smallest absolute Gasteiger partial charge is 0.276 e. The van der Waals surface area contributed by atoms with Crippen molar-refractivity contribution in [3.63, 3.8) is 0 Å². The van der Waals surface area contributed by atoms with Gasteiger partial charge in [0.15, 0.2) is 23.2 Å². The Morgan fingerprint density at radius 2 is 2.12 bits per heavy atom. The lowest BCUT2D eigenvalue weighted by Crippen LogP contribution is -2.32. The van der Waals surface area contributed by atoms with Gasteiger partial charge in [0, 0.05) is 20.3 Å². The maximum atomic E-state index is 12.5. The quantitative estimate of drug-likeness (QED) is 0.369. The summed E-state index contributed by atoms with van der Waals surface area (Å²) in [5.74, 6) is 0.0293. The zero-order chi connectivity index (χ0) is 19.1. The second-order valence-corrected chi connectivity index (χ2v) is 5.84. The highest BCUT2D eigenvalue weighted by molar-refractivity contribution is 7.80. The lowest BCUT2D eigenvalue weighted by molar-refractivity contribution is -0.122. The summed E-state index contributed by atoms with van der Waals surface area (Å²) < 4.78 is 15.5. The average molecular weight is 379 g/mol. The molecule has 0 aromatic heterocycles. The van der Waals surface area contributed by atoms with Gasteiger partial charge < -0.3 is 25.3 Å². The number of nitrogens with one attached hydrogen (secondary N) is 1. The Kier molecular flexibility index (Phi) is 6.93. The van der Waals surface area contributed by atoms with Gasteiger partial charge in [-0.1, -0.05) is 6.07 Å². The van der Waals surface area contributed by atoms with Gasteiger partial charge in [-0.25, -0.2) is 0 Å². The predicted octanol–water partition coefficient (Wildman–Crippen LogP) is 0.653. The molecule has 2 rings (SSSR count). The number of nitrogens with zero attached hydrogens (tertiary/aromatic N) is 1. The molecule has 1 aliphatic heterocycles. The first-order valence-corrected chi connectivity index (χ1v) is 8.29. The maximum absolute atomic E-state index is 12.5. The summed E-state index contributed by atoms with van der Waals surface area (Å²) in [4.78, 5) is 24.8. The van der Waals surface area contributed by atoms with E-state index >= 15 is 0 Å². The molecule has 26 heavy (non-hydrogen) atoms. The van der Waals surface area contributed by atoms with E-state index in [1.807, 2.05) is 0 Å². The summed E-state index contributed by atoms with van der Waals surface area (Å²) in [5.41, 5.74) is 6.16.